The van der Waals surface area contributed by atoms with Gasteiger partial charge in [0.2, 0.25) is 11.8 Å². The van der Waals surface area contributed by atoms with Crippen molar-refractivity contribution in [2.45, 2.75) is 122 Å². The number of nitrogens with zero attached hydrogens (tertiary/aromatic N) is 8. The number of thiazole rings is 6. The van der Waals surface area contributed by atoms with Gasteiger partial charge in [-0.25, -0.2) is 39.7 Å². The number of carbonyl (C=O) groups excluding carboxylic acids is 6. The van der Waals surface area contributed by atoms with Crippen molar-refractivity contribution in [3.05, 3.63) is 111 Å². The summed E-state index contributed by atoms with van der Waals surface area (Å²) in [7, 11) is 2.95. The number of nitrogens with one attached hydrogen (secondary N) is 4. The van der Waals surface area contributed by atoms with Crippen molar-refractivity contribution >= 4 is 121 Å². The van der Waals surface area contributed by atoms with Crippen LogP contribution in [-0.2, 0) is 35.3 Å². The second kappa shape index (κ2) is 30.7. The number of ketones is 1. The second-order valence-corrected chi connectivity index (χ2v) is 28.3. The molecule has 31 heteroatoms. The van der Waals surface area contributed by atoms with Crippen molar-refractivity contribution in [2.75, 3.05) is 32.1 Å². The molecule has 0 radical (unpaired) electrons. The zero-order valence-corrected chi connectivity index (χ0v) is 55.9. The number of Topliss-reactive ketones (excluding diaryl/α,β-unsaturated/α-hetero) is 1. The molecule has 25 nitrogen and oxygen atoms in total. The largest absolute Gasteiger partial charge is 0.481 e. The van der Waals surface area contributed by atoms with Crippen LogP contribution in [0.15, 0.2) is 64.0 Å². The number of aryl methyl sites for hydroxylation is 1. The number of anilines is 1. The minimum Gasteiger partial charge on any atom is -0.481 e. The highest BCUT2D eigenvalue weighted by atomic mass is 32.1. The minimum absolute atomic E-state index is 0.00678. The summed E-state index contributed by atoms with van der Waals surface area (Å²) in [4.78, 5) is 144. The molecule has 1 aromatic carbocycles. The fourth-order valence-corrected chi connectivity index (χ4v) is 16.2. The number of pyridine rings is 1. The van der Waals surface area contributed by atoms with E-state index in [0.717, 1.165) is 11.3 Å². The third kappa shape index (κ3) is 16.4. The van der Waals surface area contributed by atoms with Crippen LogP contribution in [0.2, 0.25) is 0 Å². The molecule has 7 aromatic heterocycles. The fourth-order valence-electron chi connectivity index (χ4n) is 10.6. The molecule has 5 amide bonds. The van der Waals surface area contributed by atoms with Crippen molar-refractivity contribution in [3.8, 4) is 43.4 Å². The van der Waals surface area contributed by atoms with Crippen molar-refractivity contribution in [1.82, 2.24) is 56.2 Å². The number of fused-ring (bicyclic) bond motifs is 14. The first-order valence-corrected chi connectivity index (χ1v) is 35.0. The van der Waals surface area contributed by atoms with Gasteiger partial charge in [-0.05, 0) is 69.1 Å². The van der Waals surface area contributed by atoms with Crippen LogP contribution in [-0.4, -0.2) is 131 Å². The van der Waals surface area contributed by atoms with Crippen molar-refractivity contribution < 1.29 is 63.1 Å². The second-order valence-electron chi connectivity index (χ2n) is 22.5. The van der Waals surface area contributed by atoms with Gasteiger partial charge in [0.15, 0.2) is 5.78 Å². The van der Waals surface area contributed by atoms with Crippen LogP contribution in [0.1, 0.15) is 164 Å². The average molecular weight is 1380 g/mol. The number of carboxylic acid groups (broad SMARTS) is 2. The first-order valence-electron chi connectivity index (χ1n) is 29.8. The zero-order chi connectivity index (χ0) is 66.0. The highest BCUT2D eigenvalue weighted by Crippen LogP contribution is 2.41. The maximum absolute atomic E-state index is 14.4. The van der Waals surface area contributed by atoms with E-state index in [4.69, 9.17) is 44.4 Å². The number of rotatable bonds is 17. The van der Waals surface area contributed by atoms with Crippen molar-refractivity contribution in [1.29, 1.82) is 0 Å². The van der Waals surface area contributed by atoms with Gasteiger partial charge < -0.3 is 46.1 Å². The van der Waals surface area contributed by atoms with Gasteiger partial charge in [-0.1, -0.05) is 50.6 Å². The fraction of sp³-hybridized carbons (Fsp3) is 0.403. The Kier molecular flexibility index (Phi) is 22.4. The predicted molar refractivity (Wildman–Crippen MR) is 352 cm³/mol. The SMILES string of the molecule is CNC(=O)C[C@@H]1NC(=O)c2csc(n2)-c2ccc(-c3nc(N(CCCCCC(=O)O)C(=O)OC4CCC(C(=O)O)CC4)cs3)nc2-c2csc(n2)-c2csc(n2)[C@H]([C@@H](O)c2ccccc2)NC(=O)CNC(=O)c2nc(sc2COC)[C@H](C(C)C)CC(=O)c2nc1sc2C. The average Bonchev–Trinajstić information content (AvgIpc) is 1.75. The number of unbranched alkanes of at least 4 members (excludes halogenated alkanes) is 2. The predicted octanol–water partition coefficient (Wildman–Crippen LogP) is 10.4. The minimum atomic E-state index is -1.30. The molecule has 10 rings (SSSR count). The number of carbonyl (C=O) groups is 8. The smallest absolute Gasteiger partial charge is 0.415 e. The van der Waals surface area contributed by atoms with Gasteiger partial charge >= 0.3 is 18.0 Å². The summed E-state index contributed by atoms with van der Waals surface area (Å²) < 4.78 is 11.4. The Hall–Kier alpha value is -8.17. The number of aliphatic hydroxyl groups is 1. The van der Waals surface area contributed by atoms with Crippen molar-refractivity contribution in [3.63, 3.8) is 0 Å². The molecule has 488 valence electrons. The van der Waals surface area contributed by atoms with Crippen LogP contribution < -0.4 is 26.2 Å². The molecular weight excluding hydrogens is 1310 g/mol. The Morgan fingerprint density at radius 1 is 0.720 bits per heavy atom. The van der Waals surface area contributed by atoms with Crippen LogP contribution in [0.5, 0.6) is 0 Å². The summed E-state index contributed by atoms with van der Waals surface area (Å²) in [6.07, 6.45) is 0.0194. The molecule has 93 heavy (non-hydrogen) atoms. The molecule has 10 bridgehead atoms. The van der Waals surface area contributed by atoms with Crippen LogP contribution in [0.3, 0.4) is 0 Å². The highest BCUT2D eigenvalue weighted by molar-refractivity contribution is 7.15. The van der Waals surface area contributed by atoms with Crippen LogP contribution in [0, 0.1) is 18.8 Å². The standard InChI is InChI=1S/C62H66N12O13S6/c1-30(2)36-22-42(75)48-31(3)92-59(72-48)38(23-45(76)63-4)66-53(81)40-27-88-55(68-40)35-19-20-37(57-70-44(29-91-57)74(21-11-7-10-14-47(78)79)62(85)87-34-17-15-33(16-18-34)61(83)84)65-49(35)39-26-89-58(67-39)41-28-90-60(69-41)51(52(80)32-12-8-6-9-13-32)71-46(77)24-64-54(82)50-43(25-86-5)93-56(36)73-50/h6,8-9,12-13,19-20,26-30,33-34,36,38,51-52,80H,7,10-11,14-18,21-25H2,1-5H3,(H,63,76)(H,64,82)(H,66,81)(H,71,77)(H,78,79)(H,83,84)/t33?,34?,36-,38-,51-,52-/m0/s1. The lowest BCUT2D eigenvalue weighted by atomic mass is 9.87. The number of benzene rings is 1. The van der Waals surface area contributed by atoms with Gasteiger partial charge in [-0.2, -0.15) is 0 Å². The Morgan fingerprint density at radius 3 is 2.16 bits per heavy atom. The van der Waals surface area contributed by atoms with E-state index >= 15 is 0 Å². The molecule has 1 fully saturated rings. The number of hydrogen-bond acceptors (Lipinski definition) is 24. The van der Waals surface area contributed by atoms with Crippen molar-refractivity contribution in [2.24, 2.45) is 11.8 Å². The van der Waals surface area contributed by atoms with E-state index in [2.05, 4.69) is 21.3 Å². The third-order valence-corrected chi connectivity index (χ3v) is 21.4. The lowest BCUT2D eigenvalue weighted by Gasteiger charge is -2.28. The summed E-state index contributed by atoms with van der Waals surface area (Å²) >= 11 is 7.17. The summed E-state index contributed by atoms with van der Waals surface area (Å²) in [6, 6.07) is 10.1. The maximum Gasteiger partial charge on any atom is 0.415 e. The van der Waals surface area contributed by atoms with Gasteiger partial charge in [0.05, 0.1) is 47.1 Å². The third-order valence-electron chi connectivity index (χ3n) is 15.7. The van der Waals surface area contributed by atoms with Crippen LogP contribution >= 0.6 is 68.0 Å². The molecule has 0 saturated heterocycles. The number of hydrogen-bond donors (Lipinski definition) is 7. The zero-order valence-electron chi connectivity index (χ0n) is 51.0. The number of aliphatic hydroxyl groups excluding tert-OH is 1. The Labute approximate surface area is 557 Å². The van der Waals surface area contributed by atoms with E-state index in [9.17, 15) is 53.7 Å². The summed E-state index contributed by atoms with van der Waals surface area (Å²) in [5.41, 5.74) is 2.60. The maximum atomic E-state index is 14.4. The van der Waals surface area contributed by atoms with E-state index in [-0.39, 0.29) is 67.0 Å². The topological polar surface area (TPSA) is 357 Å². The lowest BCUT2D eigenvalue weighted by molar-refractivity contribution is -0.143. The molecule has 8 heterocycles. The van der Waals surface area contributed by atoms with Crippen LogP contribution in [0.4, 0.5) is 10.6 Å². The van der Waals surface area contributed by atoms with E-state index in [0.29, 0.717) is 119 Å². The Morgan fingerprint density at radius 2 is 1.43 bits per heavy atom. The molecule has 4 atom stereocenters. The van der Waals surface area contributed by atoms with Gasteiger partial charge in [0.1, 0.15) is 83.3 Å². The molecular formula is C62H66N12O13S6. The van der Waals surface area contributed by atoms with Gasteiger partial charge in [-0.3, -0.25) is 38.5 Å². The number of carboxylic acids is 2. The molecule has 0 spiro atoms. The Balaban J connectivity index is 1.03. The number of ether oxygens (including phenoxy) is 2. The normalized spacial score (nSPS) is 18.4. The summed E-state index contributed by atoms with van der Waals surface area (Å²) in [6.45, 7) is 5.26. The summed E-state index contributed by atoms with van der Waals surface area (Å²) in [5.74, 6) is -5.38. The van der Waals surface area contributed by atoms with Crippen LogP contribution in [0.25, 0.3) is 43.4 Å². The molecule has 1 aliphatic heterocycles. The Bertz CT molecular complexity index is 4040. The molecule has 8 aromatic rings. The lowest BCUT2D eigenvalue weighted by Crippen LogP contribution is -2.40. The molecule has 0 unspecified atom stereocenters. The van der Waals surface area contributed by atoms with E-state index in [1.165, 1.54) is 75.7 Å². The molecule has 2 aliphatic rings. The van der Waals surface area contributed by atoms with E-state index < -0.39 is 84.3 Å². The number of aromatic nitrogens is 7. The van der Waals surface area contributed by atoms with Gasteiger partial charge in [0, 0.05) is 71.4 Å². The number of amides is 5. The highest BCUT2D eigenvalue weighted by Gasteiger charge is 2.35. The first-order chi connectivity index (χ1) is 44.7. The first kappa shape index (κ1) is 67.7. The van der Waals surface area contributed by atoms with Gasteiger partial charge in [0.25, 0.3) is 11.8 Å². The van der Waals surface area contributed by atoms with Gasteiger partial charge in [-0.15, -0.1) is 68.0 Å². The van der Waals surface area contributed by atoms with E-state index in [1.807, 2.05) is 13.8 Å². The number of aliphatic carboxylic acids is 2. The summed E-state index contributed by atoms with van der Waals surface area (Å²) in [5, 5.41) is 51.1. The quantitative estimate of drug-likeness (QED) is 0.0416. The molecule has 1 saturated carbocycles. The van der Waals surface area contributed by atoms with E-state index in [1.54, 1.807) is 70.9 Å². The number of methoxy groups -OCH3 is 1. The molecule has 1 aliphatic carbocycles. The monoisotopic (exact) mass is 1380 g/mol. The molecule has 7 N–H and O–H groups in total.